The van der Waals surface area contributed by atoms with E-state index in [-0.39, 0.29) is 28.1 Å². The van der Waals surface area contributed by atoms with Crippen LogP contribution < -0.4 is 5.69 Å². The van der Waals surface area contributed by atoms with Gasteiger partial charge in [-0.05, 0) is 53.5 Å². The van der Waals surface area contributed by atoms with Gasteiger partial charge in [-0.1, -0.05) is 53.7 Å². The predicted octanol–water partition coefficient (Wildman–Crippen LogP) is 5.11. The molecule has 2 bridgehead atoms. The fourth-order valence-corrected chi connectivity index (χ4v) is 6.53. The maximum atomic E-state index is 13.0. The average Bonchev–Trinajstić information content (AvgIpc) is 3.45. The lowest BCUT2D eigenvalue weighted by Gasteiger charge is -2.48. The lowest BCUT2D eigenvalue weighted by atomic mass is 9.73. The number of imidazole rings is 1. The number of carbonyl (C=O) groups is 1. The smallest absolute Gasteiger partial charge is 0.407 e. The average molecular weight is 520 g/mol. The Kier molecular flexibility index (Phi) is 6.06. The number of carboxylic acid groups (broad SMARTS) is 1. The van der Waals surface area contributed by atoms with Crippen LogP contribution in [0.25, 0.3) is 22.4 Å². The number of hydrogen-bond acceptors (Lipinski definition) is 4. The van der Waals surface area contributed by atoms with Gasteiger partial charge in [-0.25, -0.2) is 14.6 Å². The molecule has 2 atom stereocenters. The van der Waals surface area contributed by atoms with E-state index in [4.69, 9.17) is 4.98 Å². The van der Waals surface area contributed by atoms with Crippen LogP contribution in [-0.2, 0) is 20.1 Å². The van der Waals surface area contributed by atoms with E-state index in [0.29, 0.717) is 18.7 Å². The third kappa shape index (κ3) is 4.23. The SMILES string of the molecule is Cc1ccc(CN2C[C@]3(C(C)(C)C)C[C@@H]2CN3C(=O)O)cc1-c1ccc2c(n1)n(C)c(=O)n2CC(C)(C)C. The molecule has 2 saturated heterocycles. The van der Waals surface area contributed by atoms with Crippen molar-refractivity contribution in [3.63, 3.8) is 0 Å². The van der Waals surface area contributed by atoms with Crippen LogP contribution in [0, 0.1) is 17.8 Å². The summed E-state index contributed by atoms with van der Waals surface area (Å²) in [5.41, 5.74) is 5.19. The number of aromatic nitrogens is 3. The minimum atomic E-state index is -0.813. The van der Waals surface area contributed by atoms with Crippen molar-refractivity contribution in [2.24, 2.45) is 17.9 Å². The first-order chi connectivity index (χ1) is 17.6. The molecule has 2 fully saturated rings. The first-order valence-corrected chi connectivity index (χ1v) is 13.5. The molecule has 38 heavy (non-hydrogen) atoms. The maximum absolute atomic E-state index is 13.0. The number of likely N-dealkylation sites (tertiary alicyclic amines) is 2. The van der Waals surface area contributed by atoms with Gasteiger partial charge in [0.25, 0.3) is 0 Å². The summed E-state index contributed by atoms with van der Waals surface area (Å²) in [6.45, 7) is 17.6. The van der Waals surface area contributed by atoms with Crippen LogP contribution in [0.3, 0.4) is 0 Å². The lowest BCUT2D eigenvalue weighted by molar-refractivity contribution is 0.000907. The van der Waals surface area contributed by atoms with Crippen LogP contribution in [-0.4, -0.2) is 59.8 Å². The van der Waals surface area contributed by atoms with Gasteiger partial charge in [0, 0.05) is 44.8 Å². The highest BCUT2D eigenvalue weighted by Gasteiger charge is 2.61. The summed E-state index contributed by atoms with van der Waals surface area (Å²) in [7, 11) is 1.79. The van der Waals surface area contributed by atoms with Gasteiger partial charge in [-0.2, -0.15) is 0 Å². The van der Waals surface area contributed by atoms with Crippen LogP contribution in [0.15, 0.2) is 35.1 Å². The molecule has 4 heterocycles. The third-order valence-corrected chi connectivity index (χ3v) is 8.67. The highest BCUT2D eigenvalue weighted by atomic mass is 16.4. The number of benzene rings is 1. The van der Waals surface area contributed by atoms with Crippen LogP contribution in [0.5, 0.6) is 0 Å². The number of rotatable bonds is 4. The van der Waals surface area contributed by atoms with Gasteiger partial charge in [0.15, 0.2) is 5.65 Å². The van der Waals surface area contributed by atoms with Crippen molar-refractivity contribution in [1.82, 2.24) is 23.9 Å². The van der Waals surface area contributed by atoms with E-state index >= 15 is 0 Å². The monoisotopic (exact) mass is 519 g/mol. The Morgan fingerprint density at radius 3 is 2.47 bits per heavy atom. The Morgan fingerprint density at radius 1 is 1.13 bits per heavy atom. The van der Waals surface area contributed by atoms with Crippen molar-refractivity contribution < 1.29 is 9.90 Å². The van der Waals surface area contributed by atoms with Gasteiger partial charge < -0.3 is 5.11 Å². The van der Waals surface area contributed by atoms with Crippen molar-refractivity contribution >= 4 is 17.3 Å². The fraction of sp³-hybridized carbons (Fsp3) is 0.567. The van der Waals surface area contributed by atoms with E-state index in [1.54, 1.807) is 16.5 Å². The molecule has 0 saturated carbocycles. The minimum absolute atomic E-state index is 0.0240. The number of nitrogens with zero attached hydrogens (tertiary/aromatic N) is 5. The molecule has 2 aliphatic heterocycles. The highest BCUT2D eigenvalue weighted by Crippen LogP contribution is 2.50. The largest absolute Gasteiger partial charge is 0.465 e. The number of fused-ring (bicyclic) bond motifs is 3. The van der Waals surface area contributed by atoms with Crippen LogP contribution >= 0.6 is 0 Å². The Balaban J connectivity index is 1.46. The fourth-order valence-electron chi connectivity index (χ4n) is 6.53. The second-order valence-corrected chi connectivity index (χ2v) is 13.6. The summed E-state index contributed by atoms with van der Waals surface area (Å²) >= 11 is 0. The molecular weight excluding hydrogens is 478 g/mol. The normalized spacial score (nSPS) is 22.1. The first-order valence-electron chi connectivity index (χ1n) is 13.5. The molecule has 1 N–H and O–H groups in total. The summed E-state index contributed by atoms with van der Waals surface area (Å²) < 4.78 is 3.47. The van der Waals surface area contributed by atoms with Crippen molar-refractivity contribution in [3.05, 3.63) is 51.9 Å². The zero-order valence-corrected chi connectivity index (χ0v) is 24.0. The second-order valence-electron chi connectivity index (χ2n) is 13.6. The topological polar surface area (TPSA) is 83.6 Å². The summed E-state index contributed by atoms with van der Waals surface area (Å²) in [5.74, 6) is 0. The predicted molar refractivity (Wildman–Crippen MR) is 150 cm³/mol. The zero-order chi connectivity index (χ0) is 27.8. The molecular formula is C30H41N5O3. The molecule has 3 aromatic rings. The molecule has 5 rings (SSSR count). The number of amides is 1. The van der Waals surface area contributed by atoms with Crippen LogP contribution in [0.1, 0.15) is 59.1 Å². The van der Waals surface area contributed by atoms with Gasteiger partial charge in [0.05, 0.1) is 16.7 Å². The van der Waals surface area contributed by atoms with Crippen molar-refractivity contribution in [2.45, 2.75) is 79.6 Å². The van der Waals surface area contributed by atoms with E-state index in [1.165, 1.54) is 5.56 Å². The summed E-state index contributed by atoms with van der Waals surface area (Å²) in [5, 5.41) is 9.88. The minimum Gasteiger partial charge on any atom is -0.465 e. The van der Waals surface area contributed by atoms with Gasteiger partial charge in [-0.15, -0.1) is 0 Å². The lowest BCUT2D eigenvalue weighted by Crippen LogP contribution is -2.61. The molecule has 204 valence electrons. The van der Waals surface area contributed by atoms with E-state index < -0.39 is 6.09 Å². The summed E-state index contributed by atoms with van der Waals surface area (Å²) in [6.07, 6.45) is 0.0613. The third-order valence-electron chi connectivity index (χ3n) is 8.67. The molecule has 0 aliphatic carbocycles. The van der Waals surface area contributed by atoms with Gasteiger partial charge in [-0.3, -0.25) is 18.9 Å². The molecule has 0 unspecified atom stereocenters. The molecule has 8 nitrogen and oxygen atoms in total. The summed E-state index contributed by atoms with van der Waals surface area (Å²) in [6, 6.07) is 10.8. The number of hydrogen-bond donors (Lipinski definition) is 1. The molecule has 1 amide bonds. The number of piperazine rings is 1. The van der Waals surface area contributed by atoms with Crippen molar-refractivity contribution in [3.8, 4) is 11.3 Å². The number of aryl methyl sites for hydroxylation is 2. The van der Waals surface area contributed by atoms with Crippen LogP contribution in [0.4, 0.5) is 4.79 Å². The zero-order valence-electron chi connectivity index (χ0n) is 24.0. The van der Waals surface area contributed by atoms with Gasteiger partial charge in [0.2, 0.25) is 0 Å². The van der Waals surface area contributed by atoms with Gasteiger partial charge >= 0.3 is 11.8 Å². The van der Waals surface area contributed by atoms with E-state index in [1.807, 2.05) is 16.7 Å². The molecule has 0 radical (unpaired) electrons. The number of pyridine rings is 1. The maximum Gasteiger partial charge on any atom is 0.407 e. The van der Waals surface area contributed by atoms with E-state index in [2.05, 4.69) is 71.6 Å². The van der Waals surface area contributed by atoms with Crippen molar-refractivity contribution in [2.75, 3.05) is 13.1 Å². The quantitative estimate of drug-likeness (QED) is 0.518. The highest BCUT2D eigenvalue weighted by molar-refractivity contribution is 5.77. The molecule has 2 aromatic heterocycles. The first kappa shape index (κ1) is 26.5. The molecule has 0 spiro atoms. The summed E-state index contributed by atoms with van der Waals surface area (Å²) in [4.78, 5) is 34.1. The Labute approximate surface area is 224 Å². The van der Waals surface area contributed by atoms with Gasteiger partial charge in [0.1, 0.15) is 0 Å². The standard InChI is InChI=1S/C30H41N5O3/c1-19-9-10-20(15-33-18-30(29(5,6)7)14-21(33)16-35(30)27(37)38)13-22(19)23-11-12-24-25(31-23)32(8)26(36)34(24)17-28(2,3)4/h9-13,21H,14-18H2,1-8H3,(H,37,38)/t21-,30+/m1/s1. The Bertz CT molecular complexity index is 1470. The van der Waals surface area contributed by atoms with Crippen LogP contribution in [0.2, 0.25) is 0 Å². The second kappa shape index (κ2) is 8.70. The molecule has 8 heteroatoms. The Morgan fingerprint density at radius 2 is 1.84 bits per heavy atom. The Hall–Kier alpha value is -3.13. The molecule has 2 aliphatic rings. The molecule has 1 aromatic carbocycles. The van der Waals surface area contributed by atoms with E-state index in [0.717, 1.165) is 41.8 Å². The van der Waals surface area contributed by atoms with Crippen molar-refractivity contribution in [1.29, 1.82) is 0 Å². The van der Waals surface area contributed by atoms with E-state index in [9.17, 15) is 14.7 Å².